The Labute approximate surface area is 383 Å². The number of aliphatic imine (C=N–C) groups is 1. The number of unbranched alkanes of at least 4 members (excludes halogenated alkanes) is 2. The number of hydrogen-bond acceptors (Lipinski definition) is 9. The van der Waals surface area contributed by atoms with E-state index in [1.54, 1.807) is 6.07 Å². The molecule has 1 saturated heterocycles. The van der Waals surface area contributed by atoms with Gasteiger partial charge in [0.2, 0.25) is 17.6 Å². The number of rotatable bonds is 16. The van der Waals surface area contributed by atoms with Crippen LogP contribution in [-0.4, -0.2) is 107 Å². The number of aliphatic hydroxyl groups excluding tert-OH is 1. The van der Waals surface area contributed by atoms with E-state index in [2.05, 4.69) is 68.8 Å². The minimum absolute atomic E-state index is 0.0110. The fourth-order valence-electron chi connectivity index (χ4n) is 8.94. The number of fused-ring (bicyclic) bond motifs is 2. The molecule has 3 aliphatic heterocycles. The van der Waals surface area contributed by atoms with E-state index in [1.807, 2.05) is 54.9 Å². The Morgan fingerprint density at radius 2 is 1.62 bits per heavy atom. The fourth-order valence-corrected chi connectivity index (χ4v) is 8.94. The smallest absolute Gasteiger partial charge is 0.262 e. The quantitative estimate of drug-likeness (QED) is 0.0254. The molecule has 1 spiro atoms. The number of quaternary nitrogens is 1. The van der Waals surface area contributed by atoms with Crippen molar-refractivity contribution in [3.63, 3.8) is 0 Å². The van der Waals surface area contributed by atoms with Gasteiger partial charge in [0, 0.05) is 62.6 Å². The first-order valence-corrected chi connectivity index (χ1v) is 22.4. The summed E-state index contributed by atoms with van der Waals surface area (Å²) in [5.41, 5.74) is 7.56. The molecule has 1 fully saturated rings. The summed E-state index contributed by atoms with van der Waals surface area (Å²) in [4.78, 5) is 68.3. The highest BCUT2D eigenvalue weighted by atomic mass is 16.3. The summed E-state index contributed by atoms with van der Waals surface area (Å²) in [5.74, 6) is 6.12. The van der Waals surface area contributed by atoms with Crippen LogP contribution in [0.3, 0.4) is 0 Å². The second-order valence-corrected chi connectivity index (χ2v) is 16.9. The number of amidine groups is 1. The number of aromatic nitrogens is 1. The lowest BCUT2D eigenvalue weighted by atomic mass is 9.94. The Bertz CT molecular complexity index is 2760. The maximum atomic E-state index is 13.1. The standard InChI is InChI=1S/C52H52N8O6/c1-54-44(63)23-21-40(33-61)59-51(65)42-22-20-39(30-43(42)52(59)66)56-31-45(64)55-26-11-3-2-6-13-35-14-12-15-36(29-35)32-58-48(38-18-9-5-10-19-38)46(37-16-7-4-8-17-37)47-49(53)60(34-57-50(47)58)27-24-41(62)25-28-60/h4-5,7-10,12,14-20,22,29-30,33-34,40-41,53,62H,2-3,11,21,23-28,31-32H2,1H3,(H2-,54,55,56,63,64,65)/p+1. The predicted molar refractivity (Wildman–Crippen MR) is 253 cm³/mol. The van der Waals surface area contributed by atoms with E-state index in [-0.39, 0.29) is 48.4 Å². The van der Waals surface area contributed by atoms with Crippen LogP contribution in [0.5, 0.6) is 0 Å². The third-order valence-corrected chi connectivity index (χ3v) is 12.5. The SMILES string of the molecule is CNC(=O)CCC(C=O)N1C(=O)c2ccc(NCC(=O)NCCCCC#Cc3cccc(Cn4c5c(c(-c6ccccc6)c4-c4ccccc4)C(=N)[N+]4(C=N5)CCC(O)CC4)c3)cc2C1=O. The highest BCUT2D eigenvalue weighted by molar-refractivity contribution is 6.22. The van der Waals surface area contributed by atoms with Gasteiger partial charge >= 0.3 is 0 Å². The van der Waals surface area contributed by atoms with Crippen LogP contribution in [0, 0.1) is 17.3 Å². The van der Waals surface area contributed by atoms with Crippen LogP contribution in [-0.2, 0) is 20.9 Å². The number of hydrogen-bond donors (Lipinski definition) is 5. The number of nitrogens with one attached hydrogen (secondary N) is 4. The van der Waals surface area contributed by atoms with Gasteiger partial charge in [0.25, 0.3) is 11.8 Å². The van der Waals surface area contributed by atoms with Crippen LogP contribution in [0.15, 0.2) is 108 Å². The van der Waals surface area contributed by atoms with Crippen molar-refractivity contribution in [2.24, 2.45) is 4.99 Å². The van der Waals surface area contributed by atoms with Gasteiger partial charge < -0.3 is 30.4 Å². The third-order valence-electron chi connectivity index (χ3n) is 12.5. The van der Waals surface area contributed by atoms with Crippen LogP contribution < -0.4 is 16.0 Å². The zero-order valence-corrected chi connectivity index (χ0v) is 36.9. The molecular weight excluding hydrogens is 833 g/mol. The van der Waals surface area contributed by atoms with E-state index in [0.717, 1.165) is 62.6 Å². The van der Waals surface area contributed by atoms with Gasteiger partial charge in [-0.3, -0.25) is 24.1 Å². The molecule has 1 atom stereocenters. The first kappa shape index (κ1) is 45.1. The molecule has 14 nitrogen and oxygen atoms in total. The highest BCUT2D eigenvalue weighted by Gasteiger charge is 2.45. The number of aliphatic hydroxyl groups is 1. The lowest BCUT2D eigenvalue weighted by Gasteiger charge is -2.39. The molecule has 0 saturated carbocycles. The molecule has 336 valence electrons. The number of aldehydes is 1. The molecule has 5 aromatic rings. The molecule has 0 radical (unpaired) electrons. The number of piperidine rings is 1. The number of carbonyl (C=O) groups is 5. The van der Waals surface area contributed by atoms with Crippen molar-refractivity contribution in [3.8, 4) is 34.2 Å². The van der Waals surface area contributed by atoms with Crippen molar-refractivity contribution < 1.29 is 33.6 Å². The molecule has 4 heterocycles. The summed E-state index contributed by atoms with van der Waals surface area (Å²) in [6.07, 6.45) is 5.44. The molecule has 1 unspecified atom stereocenters. The summed E-state index contributed by atoms with van der Waals surface area (Å²) in [5, 5.41) is 28.5. The van der Waals surface area contributed by atoms with E-state index in [4.69, 9.17) is 4.99 Å². The Morgan fingerprint density at radius 1 is 0.894 bits per heavy atom. The van der Waals surface area contributed by atoms with Crippen molar-refractivity contribution in [2.45, 2.75) is 63.6 Å². The summed E-state index contributed by atoms with van der Waals surface area (Å²) in [6, 6.07) is 32.3. The molecule has 4 amide bonds. The Kier molecular flexibility index (Phi) is 13.8. The minimum Gasteiger partial charge on any atom is -0.393 e. The van der Waals surface area contributed by atoms with E-state index >= 15 is 0 Å². The zero-order valence-electron chi connectivity index (χ0n) is 36.9. The summed E-state index contributed by atoms with van der Waals surface area (Å²) < 4.78 is 2.55. The maximum absolute atomic E-state index is 13.1. The predicted octanol–water partition coefficient (Wildman–Crippen LogP) is 6.28. The molecule has 4 aromatic carbocycles. The van der Waals surface area contributed by atoms with Crippen LogP contribution in [0.1, 0.15) is 82.4 Å². The van der Waals surface area contributed by atoms with Gasteiger partial charge in [-0.2, -0.15) is 4.99 Å². The first-order chi connectivity index (χ1) is 32.1. The van der Waals surface area contributed by atoms with Gasteiger partial charge in [-0.25, -0.2) is 9.89 Å². The average Bonchev–Trinajstić information content (AvgIpc) is 3.80. The van der Waals surface area contributed by atoms with Crippen LogP contribution in [0.4, 0.5) is 11.5 Å². The molecule has 1 aromatic heterocycles. The Balaban J connectivity index is 0.878. The van der Waals surface area contributed by atoms with Gasteiger partial charge in [0.05, 0.1) is 48.6 Å². The fraction of sp³-hybridized carbons (Fsp3) is 0.288. The van der Waals surface area contributed by atoms with E-state index in [1.165, 1.54) is 19.2 Å². The molecule has 0 aliphatic carbocycles. The summed E-state index contributed by atoms with van der Waals surface area (Å²) in [7, 11) is 1.47. The van der Waals surface area contributed by atoms with Crippen molar-refractivity contribution in [2.75, 3.05) is 38.5 Å². The van der Waals surface area contributed by atoms with Crippen molar-refractivity contribution in [1.29, 1.82) is 5.41 Å². The second-order valence-electron chi connectivity index (χ2n) is 16.9. The normalized spacial score (nSPS) is 17.7. The molecule has 8 rings (SSSR count). The van der Waals surface area contributed by atoms with Gasteiger partial charge in [0.15, 0.2) is 12.2 Å². The third kappa shape index (κ3) is 9.49. The van der Waals surface area contributed by atoms with Crippen LogP contribution in [0.25, 0.3) is 22.4 Å². The van der Waals surface area contributed by atoms with Crippen molar-refractivity contribution in [3.05, 3.63) is 131 Å². The molecule has 66 heavy (non-hydrogen) atoms. The van der Waals surface area contributed by atoms with Crippen LogP contribution in [0.2, 0.25) is 0 Å². The van der Waals surface area contributed by atoms with E-state index in [9.17, 15) is 34.5 Å². The van der Waals surface area contributed by atoms with Gasteiger partial charge in [0.1, 0.15) is 11.8 Å². The molecular formula is C52H53N8O6+. The van der Waals surface area contributed by atoms with Gasteiger partial charge in [-0.05, 0) is 66.3 Å². The molecule has 0 bridgehead atoms. The number of nitrogens with zero attached hydrogens (tertiary/aromatic N) is 4. The van der Waals surface area contributed by atoms with Gasteiger partial charge in [-0.1, -0.05) is 84.6 Å². The highest BCUT2D eigenvalue weighted by Crippen LogP contribution is 2.46. The van der Waals surface area contributed by atoms with E-state index in [0.29, 0.717) is 67.7 Å². The Morgan fingerprint density at radius 3 is 2.35 bits per heavy atom. The number of imide groups is 1. The van der Waals surface area contributed by atoms with Gasteiger partial charge in [-0.15, -0.1) is 0 Å². The number of amides is 4. The number of anilines is 1. The zero-order chi connectivity index (χ0) is 46.2. The topological polar surface area (TPSA) is 186 Å². The average molecular weight is 886 g/mol. The second kappa shape index (κ2) is 20.1. The molecule has 5 N–H and O–H groups in total. The molecule has 3 aliphatic rings. The summed E-state index contributed by atoms with van der Waals surface area (Å²) in [6.45, 7) is 2.18. The monoisotopic (exact) mass is 885 g/mol. The number of carbonyl (C=O) groups excluding carboxylic acids is 5. The first-order valence-electron chi connectivity index (χ1n) is 22.4. The van der Waals surface area contributed by atoms with Crippen LogP contribution >= 0.6 is 0 Å². The van der Waals surface area contributed by atoms with E-state index < -0.39 is 17.9 Å². The lowest BCUT2D eigenvalue weighted by Crippen LogP contribution is -2.58. The Hall–Kier alpha value is -7.47. The number of benzene rings is 4. The lowest BCUT2D eigenvalue weighted by molar-refractivity contribution is -0.750. The molecule has 14 heteroatoms. The minimum atomic E-state index is -1.06. The largest absolute Gasteiger partial charge is 0.393 e. The summed E-state index contributed by atoms with van der Waals surface area (Å²) >= 11 is 0. The van der Waals surface area contributed by atoms with Crippen molar-refractivity contribution >= 4 is 53.6 Å². The van der Waals surface area contributed by atoms with Crippen molar-refractivity contribution in [1.82, 2.24) is 20.1 Å². The maximum Gasteiger partial charge on any atom is 0.262 e.